The van der Waals surface area contributed by atoms with Gasteiger partial charge in [0.15, 0.2) is 5.75 Å². The number of hydrogen-bond acceptors (Lipinski definition) is 1. The van der Waals surface area contributed by atoms with Crippen molar-refractivity contribution in [2.45, 2.75) is 0 Å². The number of aromatic nitrogens is 2. The van der Waals surface area contributed by atoms with Crippen molar-refractivity contribution >= 4 is 15.9 Å². The first kappa shape index (κ1) is 9.27. The van der Waals surface area contributed by atoms with E-state index in [9.17, 15) is 5.11 Å². The van der Waals surface area contributed by atoms with E-state index in [-0.39, 0.29) is 5.75 Å². The highest BCUT2D eigenvalue weighted by atomic mass is 79.9. The summed E-state index contributed by atoms with van der Waals surface area (Å²) >= 11 is 3.36. The lowest BCUT2D eigenvalue weighted by molar-refractivity contribution is 0.356. The van der Waals surface area contributed by atoms with Gasteiger partial charge in [-0.1, -0.05) is 6.07 Å². The summed E-state index contributed by atoms with van der Waals surface area (Å²) in [5.74, 6) is 0.00275. The molecule has 0 unspecified atom stereocenters. The number of rotatable bonds is 1. The Morgan fingerprint density at radius 3 is 2.71 bits per heavy atom. The van der Waals surface area contributed by atoms with Crippen molar-refractivity contribution in [1.82, 2.24) is 9.78 Å². The summed E-state index contributed by atoms with van der Waals surface area (Å²) in [4.78, 5) is 0. The fourth-order valence-electron chi connectivity index (χ4n) is 1.37. The van der Waals surface area contributed by atoms with Crippen LogP contribution in [0.15, 0.2) is 34.9 Å². The molecule has 1 radical (unpaired) electrons. The molecule has 1 heterocycles. The first-order valence-corrected chi connectivity index (χ1v) is 4.93. The van der Waals surface area contributed by atoms with Crippen molar-refractivity contribution in [3.05, 3.63) is 34.9 Å². The predicted molar refractivity (Wildman–Crippen MR) is 56.5 cm³/mol. The van der Waals surface area contributed by atoms with Crippen molar-refractivity contribution in [3.8, 4) is 17.0 Å². The average molecular weight is 252 g/mol. The maximum absolute atomic E-state index is 11.6. The SMILES string of the molecule is Cn1nccc1-c1c([O])cccc1Br. The van der Waals surface area contributed by atoms with Crippen molar-refractivity contribution in [3.63, 3.8) is 0 Å². The molecule has 0 N–H and O–H groups in total. The van der Waals surface area contributed by atoms with E-state index in [0.717, 1.165) is 10.2 Å². The van der Waals surface area contributed by atoms with Gasteiger partial charge in [-0.3, -0.25) is 9.79 Å². The standard InChI is InChI=1S/C10H8BrN2O/c1-13-8(5-6-12-13)10-7(11)3-2-4-9(10)14/h2-6H,1H3. The van der Waals surface area contributed by atoms with Gasteiger partial charge in [0.25, 0.3) is 0 Å². The monoisotopic (exact) mass is 251 g/mol. The number of benzene rings is 1. The Bertz CT molecular complexity index is 445. The fraction of sp³-hybridized carbons (Fsp3) is 0.100. The first-order valence-electron chi connectivity index (χ1n) is 4.14. The van der Waals surface area contributed by atoms with Crippen LogP contribution in [-0.4, -0.2) is 9.78 Å². The van der Waals surface area contributed by atoms with Gasteiger partial charge in [-0.05, 0) is 34.1 Å². The third-order valence-electron chi connectivity index (χ3n) is 2.05. The van der Waals surface area contributed by atoms with Crippen molar-refractivity contribution in [1.29, 1.82) is 0 Å². The lowest BCUT2D eigenvalue weighted by Crippen LogP contribution is -1.93. The zero-order valence-corrected chi connectivity index (χ0v) is 9.15. The van der Waals surface area contributed by atoms with Crippen molar-refractivity contribution in [2.24, 2.45) is 7.05 Å². The molecule has 0 aliphatic rings. The predicted octanol–water partition coefficient (Wildman–Crippen LogP) is 2.99. The molecule has 2 rings (SSSR count). The molecule has 71 valence electrons. The van der Waals surface area contributed by atoms with Gasteiger partial charge in [0, 0.05) is 17.7 Å². The molecule has 1 aromatic heterocycles. The van der Waals surface area contributed by atoms with Gasteiger partial charge in [0.2, 0.25) is 0 Å². The van der Waals surface area contributed by atoms with Crippen LogP contribution in [0.1, 0.15) is 0 Å². The fourth-order valence-corrected chi connectivity index (χ4v) is 1.92. The Hall–Kier alpha value is -1.29. The molecule has 0 spiro atoms. The zero-order chi connectivity index (χ0) is 10.1. The molecular formula is C10H8BrN2O. The third-order valence-corrected chi connectivity index (χ3v) is 2.71. The van der Waals surface area contributed by atoms with E-state index >= 15 is 0 Å². The van der Waals surface area contributed by atoms with Crippen LogP contribution in [0.3, 0.4) is 0 Å². The summed E-state index contributed by atoms with van der Waals surface area (Å²) in [6.07, 6.45) is 1.67. The Morgan fingerprint density at radius 2 is 2.14 bits per heavy atom. The van der Waals surface area contributed by atoms with Crippen LogP contribution in [0.5, 0.6) is 5.75 Å². The van der Waals surface area contributed by atoms with E-state index in [0.29, 0.717) is 5.56 Å². The zero-order valence-electron chi connectivity index (χ0n) is 7.57. The smallest absolute Gasteiger partial charge is 0.189 e. The molecule has 4 heteroatoms. The van der Waals surface area contributed by atoms with Gasteiger partial charge in [-0.25, -0.2) is 0 Å². The number of nitrogens with zero attached hydrogens (tertiary/aromatic N) is 2. The molecule has 1 aromatic carbocycles. The lowest BCUT2D eigenvalue weighted by Gasteiger charge is -2.05. The quantitative estimate of drug-likeness (QED) is 0.768. The summed E-state index contributed by atoms with van der Waals surface area (Å²) < 4.78 is 2.48. The summed E-state index contributed by atoms with van der Waals surface area (Å²) in [5, 5.41) is 15.7. The van der Waals surface area contributed by atoms with Crippen LogP contribution in [-0.2, 0) is 12.2 Å². The third kappa shape index (κ3) is 1.42. The highest BCUT2D eigenvalue weighted by Crippen LogP contribution is 2.35. The normalized spacial score (nSPS) is 10.4. The minimum atomic E-state index is 0.00275. The van der Waals surface area contributed by atoms with E-state index in [2.05, 4.69) is 21.0 Å². The van der Waals surface area contributed by atoms with Crippen molar-refractivity contribution in [2.75, 3.05) is 0 Å². The Morgan fingerprint density at radius 1 is 1.36 bits per heavy atom. The minimum absolute atomic E-state index is 0.00275. The molecule has 0 fully saturated rings. The van der Waals surface area contributed by atoms with Gasteiger partial charge in [-0.15, -0.1) is 0 Å². The van der Waals surface area contributed by atoms with E-state index in [1.165, 1.54) is 0 Å². The largest absolute Gasteiger partial charge is 0.289 e. The number of hydrogen-bond donors (Lipinski definition) is 0. The molecule has 0 bridgehead atoms. The Balaban J connectivity index is 2.68. The summed E-state index contributed by atoms with van der Waals surface area (Å²) in [6.45, 7) is 0. The van der Waals surface area contributed by atoms with E-state index in [4.69, 9.17) is 0 Å². The van der Waals surface area contributed by atoms with Crippen LogP contribution in [0.25, 0.3) is 11.3 Å². The molecule has 0 atom stereocenters. The summed E-state index contributed by atoms with van der Waals surface area (Å²) in [6, 6.07) is 6.95. The molecule has 0 aliphatic heterocycles. The van der Waals surface area contributed by atoms with E-state index in [1.54, 1.807) is 23.0 Å². The highest BCUT2D eigenvalue weighted by molar-refractivity contribution is 9.10. The molecule has 2 aromatic rings. The lowest BCUT2D eigenvalue weighted by atomic mass is 10.1. The topological polar surface area (TPSA) is 37.7 Å². The second-order valence-corrected chi connectivity index (χ2v) is 3.81. The van der Waals surface area contributed by atoms with E-state index in [1.807, 2.05) is 19.2 Å². The summed E-state index contributed by atoms with van der Waals surface area (Å²) in [7, 11) is 1.81. The molecule has 3 nitrogen and oxygen atoms in total. The molecule has 0 aliphatic carbocycles. The van der Waals surface area contributed by atoms with Gasteiger partial charge >= 0.3 is 0 Å². The van der Waals surface area contributed by atoms with Crippen LogP contribution >= 0.6 is 15.9 Å². The molecule has 0 saturated heterocycles. The average Bonchev–Trinajstić information content (AvgIpc) is 2.52. The van der Waals surface area contributed by atoms with Crippen LogP contribution in [0.4, 0.5) is 0 Å². The Kier molecular flexibility index (Phi) is 2.29. The second-order valence-electron chi connectivity index (χ2n) is 2.95. The maximum atomic E-state index is 11.6. The van der Waals surface area contributed by atoms with E-state index < -0.39 is 0 Å². The van der Waals surface area contributed by atoms with Crippen molar-refractivity contribution < 1.29 is 5.11 Å². The van der Waals surface area contributed by atoms with Gasteiger partial charge in [-0.2, -0.15) is 5.10 Å². The molecular weight excluding hydrogens is 244 g/mol. The number of aryl methyl sites for hydroxylation is 1. The number of halogens is 1. The molecule has 14 heavy (non-hydrogen) atoms. The maximum Gasteiger partial charge on any atom is 0.189 e. The van der Waals surface area contributed by atoms with Crippen LogP contribution in [0.2, 0.25) is 0 Å². The minimum Gasteiger partial charge on any atom is -0.289 e. The van der Waals surface area contributed by atoms with Crippen LogP contribution < -0.4 is 0 Å². The molecule has 0 saturated carbocycles. The molecule has 0 amide bonds. The second kappa shape index (κ2) is 3.46. The van der Waals surface area contributed by atoms with Gasteiger partial charge in [0.1, 0.15) is 0 Å². The van der Waals surface area contributed by atoms with Gasteiger partial charge < -0.3 is 0 Å². The van der Waals surface area contributed by atoms with Gasteiger partial charge in [0.05, 0.1) is 11.3 Å². The summed E-state index contributed by atoms with van der Waals surface area (Å²) in [5.41, 5.74) is 1.48. The highest BCUT2D eigenvalue weighted by Gasteiger charge is 2.12. The van der Waals surface area contributed by atoms with Crippen LogP contribution in [0, 0.1) is 0 Å². The Labute approximate surface area is 90.1 Å². The first-order chi connectivity index (χ1) is 6.70.